The monoisotopic (exact) mass is 283 g/mol. The van der Waals surface area contributed by atoms with Crippen molar-refractivity contribution in [3.05, 3.63) is 96.1 Å². The summed E-state index contributed by atoms with van der Waals surface area (Å²) in [5, 5.41) is 0. The van der Waals surface area contributed by atoms with E-state index in [4.69, 9.17) is 0 Å². The number of para-hydroxylation sites is 1. The Labute approximate surface area is 131 Å². The van der Waals surface area contributed by atoms with Crippen molar-refractivity contribution < 1.29 is 0 Å². The lowest BCUT2D eigenvalue weighted by molar-refractivity contribution is 1.32. The average Bonchev–Trinajstić information content (AvgIpc) is 2.58. The van der Waals surface area contributed by atoms with Gasteiger partial charge in [0.1, 0.15) is 0 Å². The fourth-order valence-electron chi connectivity index (χ4n) is 2.19. The van der Waals surface area contributed by atoms with Crippen LogP contribution in [0.2, 0.25) is 0 Å². The van der Waals surface area contributed by atoms with E-state index in [1.54, 1.807) is 0 Å². The highest BCUT2D eigenvalue weighted by Crippen LogP contribution is 2.24. The van der Waals surface area contributed by atoms with E-state index in [1.807, 2.05) is 53.4 Å². The lowest BCUT2D eigenvalue weighted by Crippen LogP contribution is -2.09. The predicted octanol–water partition coefficient (Wildman–Crippen LogP) is 5.14. The summed E-state index contributed by atoms with van der Waals surface area (Å²) < 4.78 is 0. The number of aryl methyl sites for hydroxylation is 1. The summed E-state index contributed by atoms with van der Waals surface area (Å²) in [7, 11) is 0. The molecule has 0 heterocycles. The van der Waals surface area contributed by atoms with Gasteiger partial charge in [-0.15, -0.1) is 0 Å². The number of nitrogens with zero attached hydrogens (tertiary/aromatic N) is 1. The molecular weight excluding hydrogens is 266 g/mol. The van der Waals surface area contributed by atoms with E-state index in [0.29, 0.717) is 0 Å². The molecule has 22 heavy (non-hydrogen) atoms. The van der Waals surface area contributed by atoms with E-state index in [-0.39, 0.29) is 0 Å². The summed E-state index contributed by atoms with van der Waals surface area (Å²) in [4.78, 5) is 2.02. The molecule has 106 valence electrons. The summed E-state index contributed by atoms with van der Waals surface area (Å²) in [6, 6.07) is 31.9. The number of hydrogen-bond donors (Lipinski definition) is 0. The molecule has 0 N–H and O–H groups in total. The van der Waals surface area contributed by atoms with Crippen LogP contribution in [0.25, 0.3) is 0 Å². The minimum Gasteiger partial charge on any atom is -0.270 e. The van der Waals surface area contributed by atoms with Crippen molar-refractivity contribution in [2.45, 2.75) is 6.92 Å². The highest BCUT2D eigenvalue weighted by atomic mass is 15.1. The van der Waals surface area contributed by atoms with Crippen LogP contribution in [-0.2, 0) is 0 Å². The molecule has 0 aliphatic heterocycles. The van der Waals surface area contributed by atoms with Gasteiger partial charge >= 0.3 is 0 Å². The Hall–Kier alpha value is -2.98. The average molecular weight is 283 g/mol. The standard InChI is InChI=1S/C21H17N/c1-18-12-14-21(15-13-18)22(20-10-6-3-7-11-20)17-16-19-8-4-2-5-9-19/h2-15H,1H3. The van der Waals surface area contributed by atoms with Gasteiger partial charge in [-0.3, -0.25) is 4.90 Å². The molecule has 0 bridgehead atoms. The summed E-state index contributed by atoms with van der Waals surface area (Å²) in [6.45, 7) is 2.09. The van der Waals surface area contributed by atoms with Crippen LogP contribution in [0.5, 0.6) is 0 Å². The zero-order chi connectivity index (χ0) is 15.2. The number of hydrogen-bond acceptors (Lipinski definition) is 1. The van der Waals surface area contributed by atoms with Crippen LogP contribution in [0, 0.1) is 18.9 Å². The Balaban J connectivity index is 2.01. The molecule has 3 aromatic rings. The van der Waals surface area contributed by atoms with Crippen molar-refractivity contribution in [1.82, 2.24) is 0 Å². The molecule has 0 saturated heterocycles. The summed E-state index contributed by atoms with van der Waals surface area (Å²) in [5.41, 5.74) is 4.39. The van der Waals surface area contributed by atoms with Gasteiger partial charge in [0.05, 0.1) is 11.4 Å². The molecule has 3 rings (SSSR count). The maximum Gasteiger partial charge on any atom is 0.0545 e. The normalized spacial score (nSPS) is 9.68. The lowest BCUT2D eigenvalue weighted by Gasteiger charge is -2.18. The summed E-state index contributed by atoms with van der Waals surface area (Å²) in [6.07, 6.45) is 0. The largest absolute Gasteiger partial charge is 0.270 e. The summed E-state index contributed by atoms with van der Waals surface area (Å²) in [5.74, 6) is 3.23. The highest BCUT2D eigenvalue weighted by Gasteiger charge is 2.05. The van der Waals surface area contributed by atoms with Crippen LogP contribution in [0.4, 0.5) is 11.4 Å². The molecule has 0 aliphatic carbocycles. The molecule has 0 amide bonds. The van der Waals surface area contributed by atoms with Gasteiger partial charge in [0.2, 0.25) is 0 Å². The van der Waals surface area contributed by atoms with Crippen molar-refractivity contribution >= 4 is 11.4 Å². The zero-order valence-electron chi connectivity index (χ0n) is 12.5. The van der Waals surface area contributed by atoms with Crippen LogP contribution in [-0.4, -0.2) is 0 Å². The Bertz CT molecular complexity index is 778. The third-order valence-electron chi connectivity index (χ3n) is 3.39. The Kier molecular flexibility index (Phi) is 4.22. The molecular formula is C21H17N. The Morgan fingerprint density at radius 2 is 1.18 bits per heavy atom. The molecule has 0 fully saturated rings. The van der Waals surface area contributed by atoms with Crippen molar-refractivity contribution in [2.75, 3.05) is 4.90 Å². The van der Waals surface area contributed by atoms with Gasteiger partial charge in [-0.1, -0.05) is 54.1 Å². The van der Waals surface area contributed by atoms with Crippen molar-refractivity contribution in [3.63, 3.8) is 0 Å². The first-order valence-electron chi connectivity index (χ1n) is 7.31. The van der Waals surface area contributed by atoms with E-state index >= 15 is 0 Å². The maximum absolute atomic E-state index is 3.27. The van der Waals surface area contributed by atoms with Crippen LogP contribution in [0.1, 0.15) is 11.1 Å². The molecule has 1 heteroatoms. The van der Waals surface area contributed by atoms with Gasteiger partial charge in [0.25, 0.3) is 0 Å². The third kappa shape index (κ3) is 3.37. The predicted molar refractivity (Wildman–Crippen MR) is 93.1 cm³/mol. The minimum absolute atomic E-state index is 1.01. The second-order valence-corrected chi connectivity index (χ2v) is 5.11. The molecule has 0 spiro atoms. The molecule has 3 aromatic carbocycles. The quantitative estimate of drug-likeness (QED) is 0.465. The van der Waals surface area contributed by atoms with Crippen molar-refractivity contribution in [1.29, 1.82) is 0 Å². The lowest BCUT2D eigenvalue weighted by atomic mass is 10.2. The molecule has 1 nitrogen and oxygen atoms in total. The SMILES string of the molecule is Cc1ccc(N(C#Cc2ccccc2)c2ccccc2)cc1. The topological polar surface area (TPSA) is 3.24 Å². The minimum atomic E-state index is 1.01. The van der Waals surface area contributed by atoms with Gasteiger partial charge in [-0.05, 0) is 49.2 Å². The first-order valence-corrected chi connectivity index (χ1v) is 7.31. The fourth-order valence-corrected chi connectivity index (χ4v) is 2.19. The third-order valence-corrected chi connectivity index (χ3v) is 3.39. The molecule has 0 aromatic heterocycles. The Morgan fingerprint density at radius 1 is 0.636 bits per heavy atom. The molecule has 0 radical (unpaired) electrons. The Morgan fingerprint density at radius 3 is 1.82 bits per heavy atom. The molecule has 0 aliphatic rings. The van der Waals surface area contributed by atoms with Gasteiger partial charge in [-0.25, -0.2) is 0 Å². The van der Waals surface area contributed by atoms with E-state index < -0.39 is 0 Å². The van der Waals surface area contributed by atoms with Crippen LogP contribution in [0.15, 0.2) is 84.9 Å². The van der Waals surface area contributed by atoms with E-state index in [2.05, 4.69) is 55.3 Å². The van der Waals surface area contributed by atoms with Gasteiger partial charge in [0.15, 0.2) is 0 Å². The highest BCUT2D eigenvalue weighted by molar-refractivity contribution is 5.68. The van der Waals surface area contributed by atoms with E-state index in [0.717, 1.165) is 16.9 Å². The zero-order valence-corrected chi connectivity index (χ0v) is 12.5. The van der Waals surface area contributed by atoms with Crippen molar-refractivity contribution in [2.24, 2.45) is 0 Å². The molecule has 0 atom stereocenters. The van der Waals surface area contributed by atoms with Gasteiger partial charge in [0, 0.05) is 11.6 Å². The molecule has 0 saturated carbocycles. The van der Waals surface area contributed by atoms with Gasteiger partial charge in [-0.2, -0.15) is 0 Å². The first-order chi connectivity index (χ1) is 10.8. The maximum atomic E-state index is 3.27. The fraction of sp³-hybridized carbons (Fsp3) is 0.0476. The van der Waals surface area contributed by atoms with E-state index in [1.165, 1.54) is 5.56 Å². The van der Waals surface area contributed by atoms with Crippen LogP contribution in [0.3, 0.4) is 0 Å². The smallest absolute Gasteiger partial charge is 0.0545 e. The van der Waals surface area contributed by atoms with E-state index in [9.17, 15) is 0 Å². The number of anilines is 2. The summed E-state index contributed by atoms with van der Waals surface area (Å²) >= 11 is 0. The molecule has 0 unspecified atom stereocenters. The number of rotatable bonds is 2. The second kappa shape index (κ2) is 6.65. The first kappa shape index (κ1) is 14.0. The van der Waals surface area contributed by atoms with Gasteiger partial charge < -0.3 is 0 Å². The van der Waals surface area contributed by atoms with Crippen LogP contribution < -0.4 is 4.90 Å². The van der Waals surface area contributed by atoms with Crippen LogP contribution >= 0.6 is 0 Å². The second-order valence-electron chi connectivity index (χ2n) is 5.11. The van der Waals surface area contributed by atoms with Crippen molar-refractivity contribution in [3.8, 4) is 12.0 Å². The number of benzene rings is 3.